The Hall–Kier alpha value is -1.55. The van der Waals surface area contributed by atoms with Gasteiger partial charge < -0.3 is 15.3 Å². The van der Waals surface area contributed by atoms with Crippen molar-refractivity contribution < 1.29 is 9.90 Å². The number of rotatable bonds is 3. The fraction of sp³-hybridized carbons (Fsp3) is 0.500. The summed E-state index contributed by atoms with van der Waals surface area (Å²) in [5.74, 6) is 0.387. The van der Waals surface area contributed by atoms with Gasteiger partial charge in [-0.1, -0.05) is 32.0 Å². The maximum Gasteiger partial charge on any atom is 0.239 e. The lowest BCUT2D eigenvalue weighted by Crippen LogP contribution is -2.55. The minimum Gasteiger partial charge on any atom is -0.394 e. The number of hydrogen-bond acceptors (Lipinski definition) is 3. The number of aliphatic hydroxyl groups is 1. The van der Waals surface area contributed by atoms with E-state index >= 15 is 0 Å². The van der Waals surface area contributed by atoms with Crippen LogP contribution in [0, 0.1) is 0 Å². The van der Waals surface area contributed by atoms with Crippen LogP contribution >= 0.6 is 0 Å². The van der Waals surface area contributed by atoms with Gasteiger partial charge in [-0.25, -0.2) is 0 Å². The monoisotopic (exact) mass is 248 g/mol. The van der Waals surface area contributed by atoms with Gasteiger partial charge in [-0.15, -0.1) is 0 Å². The summed E-state index contributed by atoms with van der Waals surface area (Å²) in [6.07, 6.45) is 0. The summed E-state index contributed by atoms with van der Waals surface area (Å²) in [5, 5.41) is 12.0. The molecule has 0 bridgehead atoms. The van der Waals surface area contributed by atoms with E-state index in [4.69, 9.17) is 0 Å². The zero-order chi connectivity index (χ0) is 13.1. The van der Waals surface area contributed by atoms with Crippen molar-refractivity contribution in [2.75, 3.05) is 24.6 Å². The molecule has 98 valence electrons. The average molecular weight is 248 g/mol. The van der Waals surface area contributed by atoms with E-state index in [9.17, 15) is 9.90 Å². The van der Waals surface area contributed by atoms with E-state index in [-0.39, 0.29) is 18.6 Å². The van der Waals surface area contributed by atoms with Crippen molar-refractivity contribution in [3.8, 4) is 0 Å². The molecular formula is C14H20N2O2. The third kappa shape index (κ3) is 2.64. The topological polar surface area (TPSA) is 52.6 Å². The molecule has 1 aliphatic rings. The van der Waals surface area contributed by atoms with Gasteiger partial charge in [0.2, 0.25) is 5.91 Å². The van der Waals surface area contributed by atoms with E-state index < -0.39 is 0 Å². The Bertz CT molecular complexity index is 432. The molecule has 0 aromatic heterocycles. The number of benzene rings is 1. The highest BCUT2D eigenvalue weighted by atomic mass is 16.3. The van der Waals surface area contributed by atoms with E-state index in [1.165, 1.54) is 5.56 Å². The lowest BCUT2D eigenvalue weighted by molar-refractivity contribution is -0.121. The SMILES string of the molecule is CC(C)c1ccccc1N1CC(=O)NC(CO)C1. The highest BCUT2D eigenvalue weighted by Crippen LogP contribution is 2.27. The number of carbonyl (C=O) groups is 1. The maximum absolute atomic E-state index is 11.6. The summed E-state index contributed by atoms with van der Waals surface area (Å²) in [6, 6.07) is 7.98. The lowest BCUT2D eigenvalue weighted by atomic mass is 9.99. The number of nitrogens with zero attached hydrogens (tertiary/aromatic N) is 1. The van der Waals surface area contributed by atoms with Gasteiger partial charge in [-0.05, 0) is 17.5 Å². The second-order valence-electron chi connectivity index (χ2n) is 5.04. The van der Waals surface area contributed by atoms with Crippen molar-refractivity contribution in [3.05, 3.63) is 29.8 Å². The van der Waals surface area contributed by atoms with Crippen LogP contribution in [-0.2, 0) is 4.79 Å². The lowest BCUT2D eigenvalue weighted by Gasteiger charge is -2.35. The molecule has 0 saturated carbocycles. The molecule has 1 aromatic carbocycles. The van der Waals surface area contributed by atoms with Gasteiger partial charge in [-0.2, -0.15) is 0 Å². The normalized spacial score (nSPS) is 20.1. The van der Waals surface area contributed by atoms with Crippen LogP contribution in [0.25, 0.3) is 0 Å². The molecule has 0 aliphatic carbocycles. The highest BCUT2D eigenvalue weighted by Gasteiger charge is 2.25. The maximum atomic E-state index is 11.6. The third-order valence-electron chi connectivity index (χ3n) is 3.26. The number of anilines is 1. The van der Waals surface area contributed by atoms with Crippen LogP contribution in [0.2, 0.25) is 0 Å². The summed E-state index contributed by atoms with van der Waals surface area (Å²) in [7, 11) is 0. The molecule has 4 heteroatoms. The van der Waals surface area contributed by atoms with Crippen LogP contribution in [0.4, 0.5) is 5.69 Å². The summed E-state index contributed by atoms with van der Waals surface area (Å²) in [6.45, 7) is 5.29. The first-order chi connectivity index (χ1) is 8.61. The molecule has 0 spiro atoms. The fourth-order valence-corrected chi connectivity index (χ4v) is 2.37. The van der Waals surface area contributed by atoms with Gasteiger partial charge >= 0.3 is 0 Å². The van der Waals surface area contributed by atoms with Crippen LogP contribution in [0.5, 0.6) is 0 Å². The van der Waals surface area contributed by atoms with Crippen molar-refractivity contribution in [3.63, 3.8) is 0 Å². The summed E-state index contributed by atoms with van der Waals surface area (Å²) >= 11 is 0. The zero-order valence-corrected chi connectivity index (χ0v) is 10.9. The van der Waals surface area contributed by atoms with Gasteiger partial charge in [-0.3, -0.25) is 4.79 Å². The fourth-order valence-electron chi connectivity index (χ4n) is 2.37. The van der Waals surface area contributed by atoms with E-state index in [1.807, 2.05) is 18.2 Å². The first kappa shape index (κ1) is 12.9. The molecule has 1 unspecified atom stereocenters. The Morgan fingerprint density at radius 3 is 2.83 bits per heavy atom. The Labute approximate surface area is 108 Å². The van der Waals surface area contributed by atoms with Crippen molar-refractivity contribution >= 4 is 11.6 Å². The van der Waals surface area contributed by atoms with Crippen molar-refractivity contribution in [1.82, 2.24) is 5.32 Å². The minimum absolute atomic E-state index is 0.0217. The van der Waals surface area contributed by atoms with Gasteiger partial charge in [0, 0.05) is 12.2 Å². The van der Waals surface area contributed by atoms with Gasteiger partial charge in [0.15, 0.2) is 0 Å². The molecule has 1 aliphatic heterocycles. The second kappa shape index (κ2) is 5.40. The predicted molar refractivity (Wildman–Crippen MR) is 71.8 cm³/mol. The smallest absolute Gasteiger partial charge is 0.239 e. The number of carbonyl (C=O) groups excluding carboxylic acids is 1. The summed E-state index contributed by atoms with van der Waals surface area (Å²) in [4.78, 5) is 13.7. The first-order valence-electron chi connectivity index (χ1n) is 6.36. The first-order valence-corrected chi connectivity index (χ1v) is 6.36. The standard InChI is InChI=1S/C14H20N2O2/c1-10(2)12-5-3-4-6-13(12)16-7-11(9-17)15-14(18)8-16/h3-6,10-11,17H,7-9H2,1-2H3,(H,15,18). The molecule has 2 N–H and O–H groups in total. The Balaban J connectivity index is 2.27. The van der Waals surface area contributed by atoms with E-state index in [2.05, 4.69) is 30.1 Å². The number of hydrogen-bond donors (Lipinski definition) is 2. The second-order valence-corrected chi connectivity index (χ2v) is 5.04. The van der Waals surface area contributed by atoms with Crippen molar-refractivity contribution in [2.45, 2.75) is 25.8 Å². The number of aliphatic hydroxyl groups excluding tert-OH is 1. The largest absolute Gasteiger partial charge is 0.394 e. The van der Waals surface area contributed by atoms with Crippen molar-refractivity contribution in [2.24, 2.45) is 0 Å². The third-order valence-corrected chi connectivity index (χ3v) is 3.26. The minimum atomic E-state index is -0.175. The summed E-state index contributed by atoms with van der Waals surface area (Å²) in [5.41, 5.74) is 2.34. The molecule has 1 saturated heterocycles. The highest BCUT2D eigenvalue weighted by molar-refractivity contribution is 5.83. The van der Waals surface area contributed by atoms with E-state index in [1.54, 1.807) is 0 Å². The quantitative estimate of drug-likeness (QED) is 0.842. The molecular weight excluding hydrogens is 228 g/mol. The molecule has 2 rings (SSSR count). The van der Waals surface area contributed by atoms with E-state index in [0.29, 0.717) is 19.0 Å². The Kier molecular flexibility index (Phi) is 3.87. The van der Waals surface area contributed by atoms with Crippen LogP contribution in [-0.4, -0.2) is 36.8 Å². The molecule has 4 nitrogen and oxygen atoms in total. The molecule has 1 amide bonds. The van der Waals surface area contributed by atoms with E-state index in [0.717, 1.165) is 5.69 Å². The Morgan fingerprint density at radius 1 is 1.44 bits per heavy atom. The Morgan fingerprint density at radius 2 is 2.17 bits per heavy atom. The van der Waals surface area contributed by atoms with Crippen LogP contribution < -0.4 is 10.2 Å². The van der Waals surface area contributed by atoms with Gasteiger partial charge in [0.25, 0.3) is 0 Å². The molecule has 1 atom stereocenters. The van der Waals surface area contributed by atoms with Crippen LogP contribution in [0.15, 0.2) is 24.3 Å². The number of amides is 1. The molecule has 0 radical (unpaired) electrons. The zero-order valence-electron chi connectivity index (χ0n) is 10.9. The molecule has 1 aromatic rings. The van der Waals surface area contributed by atoms with Crippen LogP contribution in [0.3, 0.4) is 0 Å². The van der Waals surface area contributed by atoms with Gasteiger partial charge in [0.1, 0.15) is 0 Å². The average Bonchev–Trinajstić information content (AvgIpc) is 2.38. The number of nitrogens with one attached hydrogen (secondary N) is 1. The van der Waals surface area contributed by atoms with Crippen molar-refractivity contribution in [1.29, 1.82) is 0 Å². The molecule has 1 fully saturated rings. The predicted octanol–water partition coefficient (Wildman–Crippen LogP) is 1.11. The van der Waals surface area contributed by atoms with Crippen LogP contribution in [0.1, 0.15) is 25.3 Å². The molecule has 18 heavy (non-hydrogen) atoms. The molecule has 1 heterocycles. The van der Waals surface area contributed by atoms with Gasteiger partial charge in [0.05, 0.1) is 19.2 Å². The number of para-hydroxylation sites is 1. The number of piperazine rings is 1. The summed E-state index contributed by atoms with van der Waals surface area (Å²) < 4.78 is 0.